The second-order valence-electron chi connectivity index (χ2n) is 8.20. The number of nitrogens with one attached hydrogen (secondary N) is 2. The summed E-state index contributed by atoms with van der Waals surface area (Å²) >= 11 is 0. The lowest BCUT2D eigenvalue weighted by molar-refractivity contribution is -0.117. The van der Waals surface area contributed by atoms with Gasteiger partial charge in [0.05, 0.1) is 0 Å². The van der Waals surface area contributed by atoms with Crippen LogP contribution in [0.25, 0.3) is 0 Å². The molecule has 0 aromatic heterocycles. The van der Waals surface area contributed by atoms with E-state index in [1.807, 2.05) is 12.1 Å². The van der Waals surface area contributed by atoms with Gasteiger partial charge in [-0.15, -0.1) is 0 Å². The van der Waals surface area contributed by atoms with Gasteiger partial charge in [-0.3, -0.25) is 14.3 Å². The molecule has 4 rings (SSSR count). The van der Waals surface area contributed by atoms with Gasteiger partial charge in [0.2, 0.25) is 21.8 Å². The highest BCUT2D eigenvalue weighted by Crippen LogP contribution is 2.24. The number of piperidine rings is 1. The van der Waals surface area contributed by atoms with Crippen molar-refractivity contribution in [2.45, 2.75) is 32.1 Å². The molecule has 9 heteroatoms. The van der Waals surface area contributed by atoms with Crippen LogP contribution in [0.2, 0.25) is 0 Å². The maximum atomic E-state index is 12.4. The van der Waals surface area contributed by atoms with E-state index in [-0.39, 0.29) is 5.91 Å². The summed E-state index contributed by atoms with van der Waals surface area (Å²) in [7, 11) is -3.85. The fraction of sp³-hybridized carbons (Fsp3) is 0.391. The predicted octanol–water partition coefficient (Wildman–Crippen LogP) is 3.18. The van der Waals surface area contributed by atoms with Crippen LogP contribution in [0.1, 0.15) is 32.1 Å². The molecule has 2 heterocycles. The second-order valence-corrected chi connectivity index (χ2v) is 9.92. The average molecular weight is 457 g/mol. The molecule has 2 aliphatic heterocycles. The number of rotatable bonds is 7. The van der Waals surface area contributed by atoms with Crippen molar-refractivity contribution >= 4 is 44.6 Å². The first-order chi connectivity index (χ1) is 15.4. The van der Waals surface area contributed by atoms with Gasteiger partial charge in [0, 0.05) is 48.8 Å². The molecular formula is C23H28N4O4S. The third-order valence-electron chi connectivity index (χ3n) is 5.72. The Bertz CT molecular complexity index is 1060. The van der Waals surface area contributed by atoms with Crippen molar-refractivity contribution in [2.24, 2.45) is 0 Å². The lowest BCUT2D eigenvalue weighted by Crippen LogP contribution is -2.29. The topological polar surface area (TPSA) is 98.8 Å². The van der Waals surface area contributed by atoms with Gasteiger partial charge in [-0.25, -0.2) is 8.42 Å². The molecule has 2 saturated heterocycles. The van der Waals surface area contributed by atoms with Gasteiger partial charge in [0.25, 0.3) is 0 Å². The molecule has 8 nitrogen and oxygen atoms in total. The van der Waals surface area contributed by atoms with Crippen LogP contribution in [0.5, 0.6) is 0 Å². The van der Waals surface area contributed by atoms with Crippen molar-refractivity contribution in [3.63, 3.8) is 0 Å². The summed E-state index contributed by atoms with van der Waals surface area (Å²) in [5.74, 6) is -1.23. The second kappa shape index (κ2) is 9.60. The summed E-state index contributed by atoms with van der Waals surface area (Å²) < 4.78 is 27.3. The van der Waals surface area contributed by atoms with E-state index in [0.29, 0.717) is 24.3 Å². The standard InChI is InChI=1S/C23H28N4O4S/c28-22(24-18-6-12-21(13-7-18)27-16-4-5-23(27)29)17-32(30,31)25-19-8-10-20(11-9-19)26-14-2-1-3-15-26/h6-13,25H,1-5,14-17H2,(H,24,28). The number of anilines is 4. The fourth-order valence-electron chi connectivity index (χ4n) is 4.12. The third-order valence-corrected chi connectivity index (χ3v) is 6.91. The molecule has 0 bridgehead atoms. The van der Waals surface area contributed by atoms with Crippen LogP contribution in [-0.4, -0.2) is 45.6 Å². The smallest absolute Gasteiger partial charge is 0.241 e. The minimum absolute atomic E-state index is 0.0860. The van der Waals surface area contributed by atoms with Gasteiger partial charge in [-0.05, 0) is 74.2 Å². The first-order valence-corrected chi connectivity index (χ1v) is 12.6. The molecule has 0 unspecified atom stereocenters. The molecule has 32 heavy (non-hydrogen) atoms. The molecule has 170 valence electrons. The Morgan fingerprint density at radius 1 is 0.812 bits per heavy atom. The van der Waals surface area contributed by atoms with Crippen LogP contribution in [-0.2, 0) is 19.6 Å². The Hall–Kier alpha value is -3.07. The normalized spacial score (nSPS) is 16.8. The van der Waals surface area contributed by atoms with Gasteiger partial charge >= 0.3 is 0 Å². The van der Waals surface area contributed by atoms with Gasteiger partial charge < -0.3 is 15.1 Å². The Kier molecular flexibility index (Phi) is 6.64. The Morgan fingerprint density at radius 3 is 2.06 bits per heavy atom. The number of benzene rings is 2. The van der Waals surface area contributed by atoms with Crippen LogP contribution in [0.15, 0.2) is 48.5 Å². The molecule has 0 spiro atoms. The number of carbonyl (C=O) groups is 2. The molecule has 0 atom stereocenters. The highest BCUT2D eigenvalue weighted by Gasteiger charge is 2.22. The lowest BCUT2D eigenvalue weighted by Gasteiger charge is -2.28. The molecular weight excluding hydrogens is 428 g/mol. The van der Waals surface area contributed by atoms with Gasteiger partial charge in [-0.2, -0.15) is 0 Å². The minimum Gasteiger partial charge on any atom is -0.372 e. The monoisotopic (exact) mass is 456 g/mol. The summed E-state index contributed by atoms with van der Waals surface area (Å²) in [5, 5.41) is 2.60. The summed E-state index contributed by atoms with van der Waals surface area (Å²) in [5.41, 5.74) is 2.75. The summed E-state index contributed by atoms with van der Waals surface area (Å²) in [6, 6.07) is 14.1. The van der Waals surface area contributed by atoms with Crippen LogP contribution < -0.4 is 19.8 Å². The van der Waals surface area contributed by atoms with Crippen molar-refractivity contribution in [1.82, 2.24) is 0 Å². The van der Waals surface area contributed by atoms with Crippen LogP contribution in [0.3, 0.4) is 0 Å². The molecule has 2 N–H and O–H groups in total. The highest BCUT2D eigenvalue weighted by molar-refractivity contribution is 7.93. The fourth-order valence-corrected chi connectivity index (χ4v) is 5.11. The Morgan fingerprint density at radius 2 is 1.44 bits per heavy atom. The molecule has 2 amide bonds. The number of nitrogens with zero attached hydrogens (tertiary/aromatic N) is 2. The number of hydrogen-bond donors (Lipinski definition) is 2. The van der Waals surface area contributed by atoms with Crippen LogP contribution in [0.4, 0.5) is 22.7 Å². The predicted molar refractivity (Wildman–Crippen MR) is 127 cm³/mol. The average Bonchev–Trinajstić information content (AvgIpc) is 3.20. The summed E-state index contributed by atoms with van der Waals surface area (Å²) in [6.45, 7) is 2.72. The van der Waals surface area contributed by atoms with Gasteiger partial charge in [-0.1, -0.05) is 0 Å². The largest absolute Gasteiger partial charge is 0.372 e. The van der Waals surface area contributed by atoms with Gasteiger partial charge in [0.1, 0.15) is 5.75 Å². The SMILES string of the molecule is O=C(CS(=O)(=O)Nc1ccc(N2CCCCC2)cc1)Nc1ccc(N2CCCC2=O)cc1. The van der Waals surface area contributed by atoms with E-state index in [4.69, 9.17) is 0 Å². The van der Waals surface area contributed by atoms with Crippen molar-refractivity contribution < 1.29 is 18.0 Å². The quantitative estimate of drug-likeness (QED) is 0.667. The maximum absolute atomic E-state index is 12.4. The first-order valence-electron chi connectivity index (χ1n) is 11.0. The Labute approximate surface area is 188 Å². The molecule has 0 radical (unpaired) electrons. The van der Waals surface area contributed by atoms with E-state index in [9.17, 15) is 18.0 Å². The number of carbonyl (C=O) groups excluding carboxylic acids is 2. The first kappa shape index (κ1) is 22.1. The van der Waals surface area contributed by atoms with Crippen molar-refractivity contribution in [2.75, 3.05) is 45.2 Å². The zero-order chi connectivity index (χ0) is 22.6. The summed E-state index contributed by atoms with van der Waals surface area (Å²) in [6.07, 6.45) is 4.97. The third kappa shape index (κ3) is 5.59. The minimum atomic E-state index is -3.85. The van der Waals surface area contributed by atoms with E-state index in [0.717, 1.165) is 30.9 Å². The molecule has 2 aromatic rings. The number of amides is 2. The van der Waals surface area contributed by atoms with E-state index in [1.54, 1.807) is 41.3 Å². The van der Waals surface area contributed by atoms with E-state index in [2.05, 4.69) is 14.9 Å². The zero-order valence-electron chi connectivity index (χ0n) is 17.9. The highest BCUT2D eigenvalue weighted by atomic mass is 32.2. The van der Waals surface area contributed by atoms with E-state index < -0.39 is 21.7 Å². The van der Waals surface area contributed by atoms with E-state index in [1.165, 1.54) is 19.3 Å². The summed E-state index contributed by atoms with van der Waals surface area (Å²) in [4.78, 5) is 28.1. The van der Waals surface area contributed by atoms with Crippen molar-refractivity contribution in [3.05, 3.63) is 48.5 Å². The number of hydrogen-bond acceptors (Lipinski definition) is 5. The van der Waals surface area contributed by atoms with Gasteiger partial charge in [0.15, 0.2) is 0 Å². The molecule has 0 aliphatic carbocycles. The lowest BCUT2D eigenvalue weighted by atomic mass is 10.1. The van der Waals surface area contributed by atoms with E-state index >= 15 is 0 Å². The molecule has 2 aromatic carbocycles. The Balaban J connectivity index is 1.31. The molecule has 2 fully saturated rings. The number of sulfonamides is 1. The van der Waals surface area contributed by atoms with Crippen LogP contribution >= 0.6 is 0 Å². The maximum Gasteiger partial charge on any atom is 0.241 e. The zero-order valence-corrected chi connectivity index (χ0v) is 18.7. The van der Waals surface area contributed by atoms with Crippen LogP contribution in [0, 0.1) is 0 Å². The molecule has 2 aliphatic rings. The van der Waals surface area contributed by atoms with Crippen molar-refractivity contribution in [1.29, 1.82) is 0 Å². The van der Waals surface area contributed by atoms with Crippen molar-refractivity contribution in [3.8, 4) is 0 Å². The molecule has 0 saturated carbocycles.